The Morgan fingerprint density at radius 3 is 2.50 bits per heavy atom. The first-order chi connectivity index (χ1) is 6.37. The molecule has 7 heteroatoms. The Kier molecular flexibility index (Phi) is 2.70. The summed E-state index contributed by atoms with van der Waals surface area (Å²) in [4.78, 5) is 21.6. The van der Waals surface area contributed by atoms with Gasteiger partial charge < -0.3 is 15.1 Å². The van der Waals surface area contributed by atoms with Crippen LogP contribution in [0, 0.1) is 0 Å². The Hall–Kier alpha value is -1.24. The summed E-state index contributed by atoms with van der Waals surface area (Å²) in [6.45, 7) is -1.60. The van der Waals surface area contributed by atoms with Crippen molar-refractivity contribution in [1.82, 2.24) is 4.90 Å². The molecule has 0 saturated carbocycles. The number of aliphatic carboxylic acids is 1. The van der Waals surface area contributed by atoms with Crippen molar-refractivity contribution in [3.05, 3.63) is 0 Å². The number of aliphatic hydroxyl groups excluding tert-OH is 1. The van der Waals surface area contributed by atoms with Gasteiger partial charge in [-0.25, -0.2) is 13.6 Å². The van der Waals surface area contributed by atoms with Gasteiger partial charge in [0.25, 0.3) is 5.92 Å². The van der Waals surface area contributed by atoms with Gasteiger partial charge in [-0.2, -0.15) is 0 Å². The standard InChI is InChI=1S/C7H9F2NO4/c8-7(9)1-4(2-11)10(3-7)5(12)6(13)14/h4,11H,1-3H2,(H,13,14). The van der Waals surface area contributed by atoms with Crippen molar-refractivity contribution >= 4 is 11.9 Å². The van der Waals surface area contributed by atoms with E-state index >= 15 is 0 Å². The number of halogens is 2. The molecule has 1 aliphatic heterocycles. The fraction of sp³-hybridized carbons (Fsp3) is 0.714. The first-order valence-electron chi connectivity index (χ1n) is 3.90. The van der Waals surface area contributed by atoms with Gasteiger partial charge in [-0.3, -0.25) is 4.79 Å². The van der Waals surface area contributed by atoms with Crippen molar-refractivity contribution in [3.8, 4) is 0 Å². The first kappa shape index (κ1) is 10.8. The lowest BCUT2D eigenvalue weighted by Gasteiger charge is -2.19. The average molecular weight is 209 g/mol. The van der Waals surface area contributed by atoms with Crippen molar-refractivity contribution in [1.29, 1.82) is 0 Å². The van der Waals surface area contributed by atoms with Gasteiger partial charge in [-0.05, 0) is 0 Å². The van der Waals surface area contributed by atoms with E-state index in [2.05, 4.69) is 0 Å². The van der Waals surface area contributed by atoms with Gasteiger partial charge in [0, 0.05) is 6.42 Å². The van der Waals surface area contributed by atoms with Crippen LogP contribution in [0.1, 0.15) is 6.42 Å². The van der Waals surface area contributed by atoms with Crippen molar-refractivity contribution in [2.24, 2.45) is 0 Å². The third kappa shape index (κ3) is 1.98. The van der Waals surface area contributed by atoms with Gasteiger partial charge in [0.1, 0.15) is 0 Å². The summed E-state index contributed by atoms with van der Waals surface area (Å²) in [7, 11) is 0. The van der Waals surface area contributed by atoms with E-state index < -0.39 is 43.4 Å². The summed E-state index contributed by atoms with van der Waals surface area (Å²) in [6, 6.07) is -1.10. The molecule has 0 bridgehead atoms. The number of carboxylic acid groups (broad SMARTS) is 1. The second kappa shape index (κ2) is 3.49. The minimum absolute atomic E-state index is 0.488. The quantitative estimate of drug-likeness (QED) is 0.560. The molecule has 0 radical (unpaired) electrons. The fourth-order valence-electron chi connectivity index (χ4n) is 1.42. The molecule has 80 valence electrons. The van der Waals surface area contributed by atoms with E-state index in [4.69, 9.17) is 10.2 Å². The third-order valence-corrected chi connectivity index (χ3v) is 2.03. The number of hydrogen-bond donors (Lipinski definition) is 2. The number of rotatable bonds is 1. The van der Waals surface area contributed by atoms with E-state index in [-0.39, 0.29) is 0 Å². The van der Waals surface area contributed by atoms with Crippen molar-refractivity contribution in [3.63, 3.8) is 0 Å². The molecule has 0 aromatic carbocycles. The molecule has 1 aliphatic rings. The van der Waals surface area contributed by atoms with Crippen LogP contribution in [-0.2, 0) is 9.59 Å². The number of carbonyl (C=O) groups is 2. The van der Waals surface area contributed by atoms with Gasteiger partial charge in [-0.1, -0.05) is 0 Å². The summed E-state index contributed by atoms with van der Waals surface area (Å²) < 4.78 is 25.5. The molecule has 1 unspecified atom stereocenters. The van der Waals surface area contributed by atoms with Crippen LogP contribution >= 0.6 is 0 Å². The van der Waals surface area contributed by atoms with Gasteiger partial charge in [-0.15, -0.1) is 0 Å². The smallest absolute Gasteiger partial charge is 0.394 e. The van der Waals surface area contributed by atoms with Crippen LogP contribution in [0.4, 0.5) is 8.78 Å². The highest BCUT2D eigenvalue weighted by molar-refractivity contribution is 6.31. The van der Waals surface area contributed by atoms with Crippen molar-refractivity contribution in [2.45, 2.75) is 18.4 Å². The van der Waals surface area contributed by atoms with Gasteiger partial charge in [0.2, 0.25) is 0 Å². The molecule has 1 atom stereocenters. The van der Waals surface area contributed by atoms with Crippen LogP contribution in [0.3, 0.4) is 0 Å². The van der Waals surface area contributed by atoms with E-state index in [9.17, 15) is 18.4 Å². The molecular formula is C7H9F2NO4. The van der Waals surface area contributed by atoms with Gasteiger partial charge >= 0.3 is 11.9 Å². The molecule has 1 amide bonds. The van der Waals surface area contributed by atoms with E-state index in [1.165, 1.54) is 0 Å². The van der Waals surface area contributed by atoms with E-state index in [0.29, 0.717) is 4.90 Å². The molecule has 2 N–H and O–H groups in total. The maximum atomic E-state index is 12.8. The molecular weight excluding hydrogens is 200 g/mol. The number of carboxylic acids is 1. The minimum Gasteiger partial charge on any atom is -0.474 e. The molecule has 0 spiro atoms. The number of aliphatic hydroxyl groups is 1. The lowest BCUT2D eigenvalue weighted by molar-refractivity contribution is -0.157. The number of likely N-dealkylation sites (tertiary alicyclic amines) is 1. The first-order valence-corrected chi connectivity index (χ1v) is 3.90. The van der Waals surface area contributed by atoms with E-state index in [0.717, 1.165) is 0 Å². The Bertz CT molecular complexity index is 268. The molecule has 14 heavy (non-hydrogen) atoms. The summed E-state index contributed by atoms with van der Waals surface area (Å²) in [6.07, 6.45) is -0.692. The summed E-state index contributed by atoms with van der Waals surface area (Å²) in [5.41, 5.74) is 0. The van der Waals surface area contributed by atoms with Crippen LogP contribution in [0.5, 0.6) is 0 Å². The Balaban J connectivity index is 2.78. The summed E-state index contributed by atoms with van der Waals surface area (Å²) in [5, 5.41) is 17.0. The third-order valence-electron chi connectivity index (χ3n) is 2.03. The Morgan fingerprint density at radius 2 is 2.07 bits per heavy atom. The van der Waals surface area contributed by atoms with E-state index in [1.807, 2.05) is 0 Å². The Labute approximate surface area is 77.9 Å². The van der Waals surface area contributed by atoms with Gasteiger partial charge in [0.05, 0.1) is 19.2 Å². The predicted molar refractivity (Wildman–Crippen MR) is 39.8 cm³/mol. The normalized spacial score (nSPS) is 25.1. The molecule has 1 rings (SSSR count). The molecule has 5 nitrogen and oxygen atoms in total. The highest BCUT2D eigenvalue weighted by Crippen LogP contribution is 2.31. The number of amides is 1. The number of carbonyl (C=O) groups excluding carboxylic acids is 1. The van der Waals surface area contributed by atoms with Crippen LogP contribution in [-0.4, -0.2) is 52.1 Å². The number of alkyl halides is 2. The molecule has 1 fully saturated rings. The zero-order chi connectivity index (χ0) is 10.9. The lowest BCUT2D eigenvalue weighted by atomic mass is 10.2. The largest absolute Gasteiger partial charge is 0.474 e. The van der Waals surface area contributed by atoms with E-state index in [1.54, 1.807) is 0 Å². The second-order valence-electron chi connectivity index (χ2n) is 3.13. The summed E-state index contributed by atoms with van der Waals surface area (Å²) in [5.74, 6) is -6.30. The van der Waals surface area contributed by atoms with Crippen molar-refractivity contribution < 1.29 is 28.6 Å². The van der Waals surface area contributed by atoms with Crippen molar-refractivity contribution in [2.75, 3.05) is 13.2 Å². The Morgan fingerprint density at radius 1 is 1.50 bits per heavy atom. The zero-order valence-corrected chi connectivity index (χ0v) is 7.11. The average Bonchev–Trinajstić information content (AvgIpc) is 2.39. The predicted octanol–water partition coefficient (Wildman–Crippen LogP) is -0.701. The highest BCUT2D eigenvalue weighted by Gasteiger charge is 2.47. The molecule has 0 aromatic heterocycles. The summed E-state index contributed by atoms with van der Waals surface area (Å²) >= 11 is 0. The SMILES string of the molecule is O=C(O)C(=O)N1CC(F)(F)CC1CO. The molecule has 0 aliphatic carbocycles. The number of hydrogen-bond acceptors (Lipinski definition) is 3. The van der Waals surface area contributed by atoms with Crippen LogP contribution in [0.2, 0.25) is 0 Å². The van der Waals surface area contributed by atoms with Crippen LogP contribution in [0.15, 0.2) is 0 Å². The zero-order valence-electron chi connectivity index (χ0n) is 7.11. The molecule has 0 aromatic rings. The maximum absolute atomic E-state index is 12.8. The molecule has 1 heterocycles. The fourth-order valence-corrected chi connectivity index (χ4v) is 1.42. The second-order valence-corrected chi connectivity index (χ2v) is 3.13. The number of nitrogens with zero attached hydrogens (tertiary/aromatic N) is 1. The van der Waals surface area contributed by atoms with Crippen LogP contribution < -0.4 is 0 Å². The lowest BCUT2D eigenvalue weighted by Crippen LogP contribution is -2.42. The topological polar surface area (TPSA) is 77.8 Å². The van der Waals surface area contributed by atoms with Crippen LogP contribution in [0.25, 0.3) is 0 Å². The molecule has 1 saturated heterocycles. The van der Waals surface area contributed by atoms with Gasteiger partial charge in [0.15, 0.2) is 0 Å². The highest BCUT2D eigenvalue weighted by atomic mass is 19.3. The maximum Gasteiger partial charge on any atom is 0.394 e. The minimum atomic E-state index is -3.11. The monoisotopic (exact) mass is 209 g/mol.